The third-order valence-electron chi connectivity index (χ3n) is 8.21. The van der Waals surface area contributed by atoms with E-state index in [1.807, 2.05) is 12.1 Å². The zero-order valence-electron chi connectivity index (χ0n) is 27.1. The van der Waals surface area contributed by atoms with Crippen molar-refractivity contribution in [1.82, 2.24) is 0 Å². The minimum Gasteiger partial charge on any atom is -0.488 e. The highest BCUT2D eigenvalue weighted by Crippen LogP contribution is 2.39. The number of nitrogens with zero attached hydrogens (tertiary/aromatic N) is 2. The van der Waals surface area contributed by atoms with E-state index in [2.05, 4.69) is 90.9 Å². The lowest BCUT2D eigenvalue weighted by Crippen LogP contribution is -2.35. The zero-order valence-corrected chi connectivity index (χ0v) is 27.1. The van der Waals surface area contributed by atoms with E-state index in [0.717, 1.165) is 72.6 Å². The van der Waals surface area contributed by atoms with Crippen LogP contribution in [0.5, 0.6) is 23.0 Å². The smallest absolute Gasteiger partial charge is 0.143 e. The Hall–Kier alpha value is -4.50. The van der Waals surface area contributed by atoms with Crippen LogP contribution in [0.1, 0.15) is 22.3 Å². The Morgan fingerprint density at radius 3 is 1.96 bits per heavy atom. The predicted molar refractivity (Wildman–Crippen MR) is 182 cm³/mol. The molecule has 0 saturated heterocycles. The fourth-order valence-corrected chi connectivity index (χ4v) is 5.87. The number of aryl methyl sites for hydroxylation is 2. The van der Waals surface area contributed by atoms with Crippen LogP contribution in [0.2, 0.25) is 0 Å². The Morgan fingerprint density at radius 2 is 1.28 bits per heavy atom. The molecule has 0 bridgehead atoms. The number of hydrogen-bond donors (Lipinski definition) is 0. The summed E-state index contributed by atoms with van der Waals surface area (Å²) < 4.78 is 36.5. The molecular weight excluding hydrogens is 580 g/mol. The molecule has 240 valence electrons. The van der Waals surface area contributed by atoms with Crippen molar-refractivity contribution in [1.29, 1.82) is 0 Å². The topological polar surface area (TPSA) is 61.9 Å². The van der Waals surface area contributed by atoms with Gasteiger partial charge < -0.3 is 38.2 Å². The van der Waals surface area contributed by atoms with Gasteiger partial charge >= 0.3 is 0 Å². The summed E-state index contributed by atoms with van der Waals surface area (Å²) in [6.45, 7) is 12.1. The molecule has 2 aliphatic rings. The van der Waals surface area contributed by atoms with Crippen LogP contribution in [0.4, 0.5) is 11.4 Å². The summed E-state index contributed by atoms with van der Waals surface area (Å²) in [7, 11) is 3.42. The summed E-state index contributed by atoms with van der Waals surface area (Å²) in [6, 6.07) is 25.0. The quantitative estimate of drug-likeness (QED) is 0.240. The average Bonchev–Trinajstić information content (AvgIpc) is 3.06. The van der Waals surface area contributed by atoms with Gasteiger partial charge in [0.2, 0.25) is 0 Å². The molecule has 2 heterocycles. The lowest BCUT2D eigenvalue weighted by Gasteiger charge is -2.30. The summed E-state index contributed by atoms with van der Waals surface area (Å²) in [5.41, 5.74) is 7.27. The molecule has 4 aromatic carbocycles. The van der Waals surface area contributed by atoms with Crippen LogP contribution in [0, 0.1) is 13.8 Å². The fraction of sp³-hybridized carbons (Fsp3) is 0.316. The number of benzene rings is 4. The van der Waals surface area contributed by atoms with Crippen molar-refractivity contribution in [3.05, 3.63) is 105 Å². The first kappa shape index (κ1) is 31.5. The first-order valence-electron chi connectivity index (χ1n) is 15.6. The lowest BCUT2D eigenvalue weighted by molar-refractivity contribution is 0.119. The average molecular weight is 623 g/mol. The highest BCUT2D eigenvalue weighted by molar-refractivity contribution is 5.86. The van der Waals surface area contributed by atoms with Gasteiger partial charge in [0.25, 0.3) is 0 Å². The van der Waals surface area contributed by atoms with Crippen molar-refractivity contribution in [3.63, 3.8) is 0 Å². The molecule has 8 heteroatoms. The number of methoxy groups -OCH3 is 2. The van der Waals surface area contributed by atoms with Crippen molar-refractivity contribution < 1.29 is 28.4 Å². The second-order valence-electron chi connectivity index (χ2n) is 11.6. The van der Waals surface area contributed by atoms with E-state index in [9.17, 15) is 0 Å². The molecular formula is C38H42N2O6. The Morgan fingerprint density at radius 1 is 0.674 bits per heavy atom. The van der Waals surface area contributed by atoms with Gasteiger partial charge in [-0.3, -0.25) is 0 Å². The molecule has 0 aromatic heterocycles. The maximum Gasteiger partial charge on any atom is 0.143 e. The van der Waals surface area contributed by atoms with Crippen LogP contribution in [0.15, 0.2) is 72.8 Å². The Bertz CT molecular complexity index is 1810. The first-order chi connectivity index (χ1) is 22.4. The predicted octanol–water partition coefficient (Wildman–Crippen LogP) is 5.38. The van der Waals surface area contributed by atoms with E-state index in [4.69, 9.17) is 28.4 Å². The van der Waals surface area contributed by atoms with E-state index in [-0.39, 0.29) is 0 Å². The van der Waals surface area contributed by atoms with Gasteiger partial charge in [-0.05, 0) is 72.2 Å². The monoisotopic (exact) mass is 622 g/mol. The van der Waals surface area contributed by atoms with Crippen LogP contribution in [-0.2, 0) is 14.2 Å². The largest absolute Gasteiger partial charge is 0.488 e. The molecule has 0 amide bonds. The van der Waals surface area contributed by atoms with Gasteiger partial charge in [-0.1, -0.05) is 43.0 Å². The van der Waals surface area contributed by atoms with Gasteiger partial charge in [0.05, 0.1) is 24.6 Å². The van der Waals surface area contributed by atoms with E-state index < -0.39 is 0 Å². The van der Waals surface area contributed by atoms with Crippen LogP contribution >= 0.6 is 0 Å². The Labute approximate surface area is 271 Å². The summed E-state index contributed by atoms with van der Waals surface area (Å²) in [4.78, 5) is 4.30. The standard InChI is InChI=1S/C38H42N2O6/c1-26-6-10-30-34(20-26)46-35-21-27(2)7-11-31(35)38(30)29-9-13-33-37(23-29)45-19-18-44-36-22-28(3)8-12-32(36)39(14-16-41-4)24-43-25-40(33)15-17-42-5/h6-13,20-23H,1,14-19,24-25H2,2-5H3. The molecule has 0 aliphatic carbocycles. The minimum atomic E-state index is 0.340. The maximum atomic E-state index is 6.54. The van der Waals surface area contributed by atoms with Crippen LogP contribution in [-0.4, -0.2) is 67.2 Å². The number of ether oxygens (including phenoxy) is 6. The van der Waals surface area contributed by atoms with Crippen LogP contribution < -0.4 is 34.4 Å². The molecule has 0 atom stereocenters. The lowest BCUT2D eigenvalue weighted by atomic mass is 9.91. The molecule has 0 unspecified atom stereocenters. The summed E-state index contributed by atoms with van der Waals surface area (Å²) in [5, 5.41) is 1.91. The van der Waals surface area contributed by atoms with E-state index in [1.54, 1.807) is 14.2 Å². The van der Waals surface area contributed by atoms with Gasteiger partial charge in [0.1, 0.15) is 49.7 Å². The fourth-order valence-electron chi connectivity index (χ4n) is 5.87. The van der Waals surface area contributed by atoms with Gasteiger partial charge in [-0.15, -0.1) is 0 Å². The zero-order chi connectivity index (χ0) is 32.0. The highest BCUT2D eigenvalue weighted by Gasteiger charge is 2.23. The second-order valence-corrected chi connectivity index (χ2v) is 11.6. The Balaban J connectivity index is 1.42. The van der Waals surface area contributed by atoms with E-state index in [1.165, 1.54) is 0 Å². The molecule has 0 spiro atoms. The highest BCUT2D eigenvalue weighted by atomic mass is 16.5. The van der Waals surface area contributed by atoms with Gasteiger partial charge in [-0.2, -0.15) is 0 Å². The van der Waals surface area contributed by atoms with E-state index in [0.29, 0.717) is 53.0 Å². The van der Waals surface area contributed by atoms with Crippen molar-refractivity contribution in [3.8, 4) is 23.0 Å². The molecule has 8 nitrogen and oxygen atoms in total. The van der Waals surface area contributed by atoms with Gasteiger partial charge in [-0.25, -0.2) is 0 Å². The number of hydrogen-bond acceptors (Lipinski definition) is 8. The molecule has 0 saturated carbocycles. The Kier molecular flexibility index (Phi) is 9.78. The van der Waals surface area contributed by atoms with Crippen LogP contribution in [0.25, 0.3) is 12.2 Å². The molecule has 0 fully saturated rings. The SMILES string of the molecule is C=c1ccc2c(c1)Oc1cc(C)ccc1C=2c1ccc2c(c1)OCCOc1cc(C)ccc1N(CCOC)COCN2CCOC. The summed E-state index contributed by atoms with van der Waals surface area (Å²) in [5.74, 6) is 3.15. The van der Waals surface area contributed by atoms with Gasteiger partial charge in [0.15, 0.2) is 0 Å². The molecule has 6 rings (SSSR count). The molecule has 0 radical (unpaired) electrons. The van der Waals surface area contributed by atoms with Crippen molar-refractivity contribution in [2.24, 2.45) is 0 Å². The number of fused-ring (bicyclic) bond motifs is 4. The van der Waals surface area contributed by atoms with Gasteiger partial charge in [0, 0.05) is 43.7 Å². The van der Waals surface area contributed by atoms with Crippen molar-refractivity contribution in [2.75, 3.05) is 77.0 Å². The maximum absolute atomic E-state index is 6.54. The third kappa shape index (κ3) is 6.84. The molecule has 4 aromatic rings. The second kappa shape index (κ2) is 14.3. The molecule has 0 N–H and O–H groups in total. The molecule has 46 heavy (non-hydrogen) atoms. The summed E-state index contributed by atoms with van der Waals surface area (Å²) in [6.07, 6.45) is 0. The first-order valence-corrected chi connectivity index (χ1v) is 15.6. The third-order valence-corrected chi connectivity index (χ3v) is 8.21. The number of anilines is 2. The van der Waals surface area contributed by atoms with Crippen molar-refractivity contribution in [2.45, 2.75) is 13.8 Å². The van der Waals surface area contributed by atoms with Crippen LogP contribution in [0.3, 0.4) is 0 Å². The normalized spacial score (nSPS) is 14.7. The molecule has 2 aliphatic heterocycles. The van der Waals surface area contributed by atoms with E-state index >= 15 is 0 Å². The number of rotatable bonds is 7. The van der Waals surface area contributed by atoms with Crippen molar-refractivity contribution >= 4 is 23.5 Å². The minimum absolute atomic E-state index is 0.340. The summed E-state index contributed by atoms with van der Waals surface area (Å²) >= 11 is 0.